The van der Waals surface area contributed by atoms with Gasteiger partial charge in [0.15, 0.2) is 0 Å². The number of nitrogens with two attached hydrogens (primary N) is 1. The Balaban J connectivity index is 2.31. The van der Waals surface area contributed by atoms with Gasteiger partial charge >= 0.3 is 0 Å². The number of ketones is 1. The Hall–Kier alpha value is -0.900. The van der Waals surface area contributed by atoms with Crippen molar-refractivity contribution in [1.82, 2.24) is 4.90 Å². The molecule has 1 aliphatic rings. The number of carbonyl (C=O) groups is 2. The summed E-state index contributed by atoms with van der Waals surface area (Å²) in [5, 5.41) is 0. The van der Waals surface area contributed by atoms with Gasteiger partial charge in [-0.15, -0.1) is 0 Å². The van der Waals surface area contributed by atoms with Crippen LogP contribution in [0.2, 0.25) is 0 Å². The molecule has 0 radical (unpaired) electrons. The summed E-state index contributed by atoms with van der Waals surface area (Å²) < 4.78 is 0. The number of likely N-dealkylation sites (tertiary alicyclic amines) is 1. The molecule has 1 amide bonds. The molecular weight excluding hydrogens is 204 g/mol. The minimum atomic E-state index is -0.0508. The monoisotopic (exact) mass is 226 g/mol. The molecule has 0 aliphatic carbocycles. The fourth-order valence-corrected chi connectivity index (χ4v) is 2.05. The van der Waals surface area contributed by atoms with Gasteiger partial charge in [-0.05, 0) is 12.3 Å². The van der Waals surface area contributed by atoms with Gasteiger partial charge in [0.05, 0.1) is 0 Å². The van der Waals surface area contributed by atoms with Crippen LogP contribution in [0.1, 0.15) is 39.5 Å². The van der Waals surface area contributed by atoms with Crippen LogP contribution in [0.25, 0.3) is 0 Å². The van der Waals surface area contributed by atoms with E-state index in [0.717, 1.165) is 6.42 Å². The smallest absolute Gasteiger partial charge is 0.224 e. The number of carbonyl (C=O) groups excluding carboxylic acids is 2. The van der Waals surface area contributed by atoms with Crippen LogP contribution in [-0.2, 0) is 9.59 Å². The molecule has 1 rings (SSSR count). The highest BCUT2D eigenvalue weighted by Crippen LogP contribution is 2.11. The molecule has 1 saturated heterocycles. The summed E-state index contributed by atoms with van der Waals surface area (Å²) in [6, 6.07) is -0.0508. The van der Waals surface area contributed by atoms with Crippen molar-refractivity contribution in [2.24, 2.45) is 11.7 Å². The van der Waals surface area contributed by atoms with E-state index in [1.807, 2.05) is 0 Å². The molecule has 4 nitrogen and oxygen atoms in total. The summed E-state index contributed by atoms with van der Waals surface area (Å²) in [6.45, 7) is 5.35. The first kappa shape index (κ1) is 13.2. The van der Waals surface area contributed by atoms with Crippen LogP contribution >= 0.6 is 0 Å². The first-order chi connectivity index (χ1) is 7.49. The second-order valence-corrected chi connectivity index (χ2v) is 5.01. The largest absolute Gasteiger partial charge is 0.342 e. The Bertz CT molecular complexity index is 254. The highest BCUT2D eigenvalue weighted by atomic mass is 16.2. The Kier molecular flexibility index (Phi) is 4.93. The average Bonchev–Trinajstić information content (AvgIpc) is 2.16. The number of Topliss-reactive ketones (excluding diaryl/α,β-unsaturated/α-hetero) is 1. The van der Waals surface area contributed by atoms with Crippen LogP contribution in [-0.4, -0.2) is 35.7 Å². The molecule has 2 N–H and O–H groups in total. The van der Waals surface area contributed by atoms with Gasteiger partial charge in [-0.25, -0.2) is 0 Å². The standard InChI is InChI=1S/C12H22N2O2/c1-9(2)7-10(13)8-12(16)14-5-3-11(15)4-6-14/h9-10H,3-8,13H2,1-2H3. The number of nitrogens with zero attached hydrogens (tertiary/aromatic N) is 1. The van der Waals surface area contributed by atoms with Gasteiger partial charge in [0.25, 0.3) is 0 Å². The zero-order chi connectivity index (χ0) is 12.1. The van der Waals surface area contributed by atoms with Crippen LogP contribution in [0, 0.1) is 5.92 Å². The number of hydrogen-bond acceptors (Lipinski definition) is 3. The van der Waals surface area contributed by atoms with E-state index in [0.29, 0.717) is 38.3 Å². The summed E-state index contributed by atoms with van der Waals surface area (Å²) in [6.07, 6.45) is 2.29. The van der Waals surface area contributed by atoms with E-state index in [9.17, 15) is 9.59 Å². The van der Waals surface area contributed by atoms with Crippen molar-refractivity contribution in [3.63, 3.8) is 0 Å². The van der Waals surface area contributed by atoms with E-state index in [1.54, 1.807) is 4.90 Å². The second-order valence-electron chi connectivity index (χ2n) is 5.01. The van der Waals surface area contributed by atoms with Crippen molar-refractivity contribution >= 4 is 11.7 Å². The predicted octanol–water partition coefficient (Wildman–Crippen LogP) is 0.941. The molecule has 16 heavy (non-hydrogen) atoms. The Labute approximate surface area is 97.2 Å². The quantitative estimate of drug-likeness (QED) is 0.776. The van der Waals surface area contributed by atoms with Gasteiger partial charge in [-0.1, -0.05) is 13.8 Å². The first-order valence-corrected chi connectivity index (χ1v) is 6.04. The van der Waals surface area contributed by atoms with E-state index in [-0.39, 0.29) is 17.7 Å². The van der Waals surface area contributed by atoms with E-state index in [4.69, 9.17) is 5.73 Å². The van der Waals surface area contributed by atoms with E-state index >= 15 is 0 Å². The van der Waals surface area contributed by atoms with Gasteiger partial charge in [0, 0.05) is 38.4 Å². The third-order valence-corrected chi connectivity index (χ3v) is 2.88. The lowest BCUT2D eigenvalue weighted by Crippen LogP contribution is -2.41. The molecule has 1 atom stereocenters. The number of rotatable bonds is 4. The normalized spacial score (nSPS) is 19.0. The zero-order valence-electron chi connectivity index (χ0n) is 10.2. The van der Waals surface area contributed by atoms with Crippen molar-refractivity contribution < 1.29 is 9.59 Å². The molecule has 1 fully saturated rings. The molecule has 0 bridgehead atoms. The summed E-state index contributed by atoms with van der Waals surface area (Å²) in [5.41, 5.74) is 5.90. The fourth-order valence-electron chi connectivity index (χ4n) is 2.05. The minimum Gasteiger partial charge on any atom is -0.342 e. The van der Waals surface area contributed by atoms with Crippen molar-refractivity contribution in [2.75, 3.05) is 13.1 Å². The highest BCUT2D eigenvalue weighted by Gasteiger charge is 2.22. The molecule has 0 aromatic rings. The Morgan fingerprint density at radius 3 is 2.44 bits per heavy atom. The lowest BCUT2D eigenvalue weighted by molar-refractivity contribution is -0.134. The van der Waals surface area contributed by atoms with Crippen molar-refractivity contribution in [3.05, 3.63) is 0 Å². The maximum atomic E-state index is 11.8. The van der Waals surface area contributed by atoms with Crippen LogP contribution in [0.4, 0.5) is 0 Å². The maximum Gasteiger partial charge on any atom is 0.224 e. The SMILES string of the molecule is CC(C)CC(N)CC(=O)N1CCC(=O)CC1. The van der Waals surface area contributed by atoms with Gasteiger partial charge in [0.1, 0.15) is 5.78 Å². The van der Waals surface area contributed by atoms with Gasteiger partial charge in [-0.2, -0.15) is 0 Å². The summed E-state index contributed by atoms with van der Waals surface area (Å²) in [7, 11) is 0. The molecule has 1 aliphatic heterocycles. The Morgan fingerprint density at radius 2 is 1.94 bits per heavy atom. The Morgan fingerprint density at radius 1 is 1.38 bits per heavy atom. The topological polar surface area (TPSA) is 63.4 Å². The first-order valence-electron chi connectivity index (χ1n) is 6.04. The lowest BCUT2D eigenvalue weighted by atomic mass is 10.0. The summed E-state index contributed by atoms with van der Waals surface area (Å²) in [4.78, 5) is 24.6. The molecule has 0 aromatic carbocycles. The van der Waals surface area contributed by atoms with Gasteiger partial charge in [0.2, 0.25) is 5.91 Å². The third kappa shape index (κ3) is 4.31. The van der Waals surface area contributed by atoms with Crippen LogP contribution in [0.3, 0.4) is 0 Å². The fraction of sp³-hybridized carbons (Fsp3) is 0.833. The predicted molar refractivity (Wildman–Crippen MR) is 62.9 cm³/mol. The molecule has 0 spiro atoms. The zero-order valence-corrected chi connectivity index (χ0v) is 10.2. The van der Waals surface area contributed by atoms with Crippen molar-refractivity contribution in [2.45, 2.75) is 45.6 Å². The average molecular weight is 226 g/mol. The second kappa shape index (κ2) is 5.99. The highest BCUT2D eigenvalue weighted by molar-refractivity contribution is 5.83. The van der Waals surface area contributed by atoms with E-state index in [1.165, 1.54) is 0 Å². The third-order valence-electron chi connectivity index (χ3n) is 2.88. The van der Waals surface area contributed by atoms with Crippen LogP contribution < -0.4 is 5.73 Å². The minimum absolute atomic E-state index is 0.0508. The molecule has 1 heterocycles. The summed E-state index contributed by atoms with van der Waals surface area (Å²) >= 11 is 0. The van der Waals surface area contributed by atoms with Gasteiger partial charge < -0.3 is 10.6 Å². The maximum absolute atomic E-state index is 11.8. The van der Waals surface area contributed by atoms with Crippen LogP contribution in [0.15, 0.2) is 0 Å². The molecular formula is C12H22N2O2. The molecule has 0 saturated carbocycles. The molecule has 1 unspecified atom stereocenters. The molecule has 4 heteroatoms. The van der Waals surface area contributed by atoms with Crippen molar-refractivity contribution in [3.8, 4) is 0 Å². The van der Waals surface area contributed by atoms with Crippen molar-refractivity contribution in [1.29, 1.82) is 0 Å². The molecule has 92 valence electrons. The van der Waals surface area contributed by atoms with E-state index < -0.39 is 0 Å². The lowest BCUT2D eigenvalue weighted by Gasteiger charge is -2.27. The number of piperidine rings is 1. The number of hydrogen-bond donors (Lipinski definition) is 1. The van der Waals surface area contributed by atoms with Gasteiger partial charge in [-0.3, -0.25) is 9.59 Å². The van der Waals surface area contributed by atoms with Crippen LogP contribution in [0.5, 0.6) is 0 Å². The molecule has 0 aromatic heterocycles. The number of amides is 1. The summed E-state index contributed by atoms with van der Waals surface area (Å²) in [5.74, 6) is 0.877. The van der Waals surface area contributed by atoms with E-state index in [2.05, 4.69) is 13.8 Å².